The Balaban J connectivity index is 2.05. The summed E-state index contributed by atoms with van der Waals surface area (Å²) >= 11 is 0. The molecule has 0 saturated carbocycles. The number of nitrogen functional groups attached to an aromatic ring is 1. The van der Waals surface area contributed by atoms with Gasteiger partial charge in [0.25, 0.3) is 0 Å². The Morgan fingerprint density at radius 1 is 1.33 bits per heavy atom. The summed E-state index contributed by atoms with van der Waals surface area (Å²) in [7, 11) is -1.21. The molecule has 8 heteroatoms. The Bertz CT molecular complexity index is 600. The molecule has 2 heterocycles. The van der Waals surface area contributed by atoms with Gasteiger partial charge in [0.15, 0.2) is 0 Å². The molecule has 0 aromatic carbocycles. The van der Waals surface area contributed by atoms with Gasteiger partial charge in [-0.15, -0.1) is 0 Å². The topological polar surface area (TPSA) is 93.2 Å². The van der Waals surface area contributed by atoms with E-state index in [0.717, 1.165) is 24.4 Å². The highest BCUT2D eigenvalue weighted by Crippen LogP contribution is 2.29. The van der Waals surface area contributed by atoms with Crippen molar-refractivity contribution in [2.45, 2.75) is 38.6 Å². The van der Waals surface area contributed by atoms with E-state index in [1.54, 1.807) is 4.68 Å². The van der Waals surface area contributed by atoms with Crippen LogP contribution in [-0.2, 0) is 17.1 Å². The van der Waals surface area contributed by atoms with E-state index in [1.165, 1.54) is 10.6 Å². The van der Waals surface area contributed by atoms with Gasteiger partial charge in [0.05, 0.1) is 17.6 Å². The molecule has 1 aliphatic rings. The number of hydrogen-bond donors (Lipinski definition) is 2. The zero-order valence-electron chi connectivity index (χ0n) is 13.1. The molecule has 21 heavy (non-hydrogen) atoms. The van der Waals surface area contributed by atoms with Crippen molar-refractivity contribution in [2.75, 3.05) is 30.4 Å². The maximum Gasteiger partial charge on any atom is 0.211 e. The second-order valence-electron chi connectivity index (χ2n) is 6.01. The second-order valence-corrected chi connectivity index (χ2v) is 7.99. The van der Waals surface area contributed by atoms with Crippen molar-refractivity contribution in [3.8, 4) is 0 Å². The number of nitrogens with one attached hydrogen (secondary N) is 1. The highest BCUT2D eigenvalue weighted by atomic mass is 32.2. The van der Waals surface area contributed by atoms with Crippen molar-refractivity contribution in [3.05, 3.63) is 5.69 Å². The number of aryl methyl sites for hydroxylation is 1. The summed E-state index contributed by atoms with van der Waals surface area (Å²) in [6, 6.07) is 0.223. The molecule has 1 fully saturated rings. The first-order chi connectivity index (χ1) is 9.70. The van der Waals surface area contributed by atoms with Crippen LogP contribution in [0.3, 0.4) is 0 Å². The molecule has 1 saturated heterocycles. The Labute approximate surface area is 126 Å². The maximum atomic E-state index is 11.5. The van der Waals surface area contributed by atoms with Crippen LogP contribution in [0.1, 0.15) is 38.3 Å². The number of hydrogen-bond acceptors (Lipinski definition) is 5. The van der Waals surface area contributed by atoms with Crippen LogP contribution in [0.25, 0.3) is 0 Å². The Morgan fingerprint density at radius 3 is 2.33 bits per heavy atom. The largest absolute Gasteiger partial charge is 0.394 e. The summed E-state index contributed by atoms with van der Waals surface area (Å²) in [4.78, 5) is 0. The highest BCUT2D eigenvalue weighted by Gasteiger charge is 2.26. The number of rotatable bonds is 4. The van der Waals surface area contributed by atoms with E-state index in [0.29, 0.717) is 18.8 Å². The smallest absolute Gasteiger partial charge is 0.211 e. The van der Waals surface area contributed by atoms with Crippen molar-refractivity contribution in [3.63, 3.8) is 0 Å². The molecule has 0 spiro atoms. The van der Waals surface area contributed by atoms with Gasteiger partial charge in [-0.3, -0.25) is 4.68 Å². The number of nitrogens with two attached hydrogens (primary N) is 1. The predicted molar refractivity (Wildman–Crippen MR) is 84.8 cm³/mol. The first-order valence-corrected chi connectivity index (χ1v) is 9.09. The van der Waals surface area contributed by atoms with Gasteiger partial charge >= 0.3 is 0 Å². The quantitative estimate of drug-likeness (QED) is 0.863. The van der Waals surface area contributed by atoms with Crippen LogP contribution in [0.2, 0.25) is 0 Å². The van der Waals surface area contributed by atoms with Gasteiger partial charge in [0.1, 0.15) is 5.82 Å². The van der Waals surface area contributed by atoms with Gasteiger partial charge in [-0.2, -0.15) is 5.10 Å². The number of anilines is 2. The van der Waals surface area contributed by atoms with E-state index in [2.05, 4.69) is 24.3 Å². The molecule has 1 aromatic rings. The third-order valence-electron chi connectivity index (χ3n) is 3.92. The zero-order valence-corrected chi connectivity index (χ0v) is 13.9. The van der Waals surface area contributed by atoms with Crippen LogP contribution >= 0.6 is 0 Å². The third-order valence-corrected chi connectivity index (χ3v) is 5.23. The molecule has 2 rings (SSSR count). The monoisotopic (exact) mass is 315 g/mol. The number of aromatic nitrogens is 2. The maximum absolute atomic E-state index is 11.5. The fourth-order valence-electron chi connectivity index (χ4n) is 2.68. The minimum Gasteiger partial charge on any atom is -0.394 e. The lowest BCUT2D eigenvalue weighted by Crippen LogP contribution is -2.42. The molecule has 0 radical (unpaired) electrons. The van der Waals surface area contributed by atoms with Gasteiger partial charge in [-0.25, -0.2) is 12.7 Å². The molecule has 7 nitrogen and oxygen atoms in total. The summed E-state index contributed by atoms with van der Waals surface area (Å²) in [5, 5.41) is 7.87. The van der Waals surface area contributed by atoms with Crippen molar-refractivity contribution >= 4 is 21.5 Å². The van der Waals surface area contributed by atoms with Crippen molar-refractivity contribution in [2.24, 2.45) is 7.05 Å². The Hall–Kier alpha value is -1.28. The summed E-state index contributed by atoms with van der Waals surface area (Å²) < 4.78 is 26.3. The van der Waals surface area contributed by atoms with Crippen LogP contribution < -0.4 is 11.1 Å². The van der Waals surface area contributed by atoms with Crippen LogP contribution in [0, 0.1) is 0 Å². The number of piperidine rings is 1. The van der Waals surface area contributed by atoms with Gasteiger partial charge in [0.2, 0.25) is 10.0 Å². The first-order valence-electron chi connectivity index (χ1n) is 7.24. The van der Waals surface area contributed by atoms with Crippen LogP contribution in [0.4, 0.5) is 11.5 Å². The average molecular weight is 315 g/mol. The molecule has 0 bridgehead atoms. The molecule has 0 unspecified atom stereocenters. The first kappa shape index (κ1) is 16.1. The lowest BCUT2D eigenvalue weighted by Gasteiger charge is -2.31. The van der Waals surface area contributed by atoms with E-state index < -0.39 is 10.0 Å². The van der Waals surface area contributed by atoms with E-state index >= 15 is 0 Å². The molecule has 0 atom stereocenters. The zero-order chi connectivity index (χ0) is 15.8. The number of nitrogens with zero attached hydrogens (tertiary/aromatic N) is 3. The van der Waals surface area contributed by atoms with E-state index in [9.17, 15) is 8.42 Å². The van der Waals surface area contributed by atoms with Crippen molar-refractivity contribution < 1.29 is 8.42 Å². The standard InChI is InChI=1S/C13H25N5O2S/c1-9(2)12-11(14)13(17(3)16-12)15-10-5-7-18(8-6-10)21(4,19)20/h9-10,15H,5-8,14H2,1-4H3. The van der Waals surface area contributed by atoms with E-state index in [4.69, 9.17) is 5.73 Å². The number of sulfonamides is 1. The normalized spacial score (nSPS) is 18.3. The van der Waals surface area contributed by atoms with Gasteiger partial charge in [-0.05, 0) is 18.8 Å². The molecule has 0 amide bonds. The van der Waals surface area contributed by atoms with Crippen LogP contribution in [0.5, 0.6) is 0 Å². The van der Waals surface area contributed by atoms with Gasteiger partial charge in [-0.1, -0.05) is 13.8 Å². The molecular formula is C13H25N5O2S. The fourth-order valence-corrected chi connectivity index (χ4v) is 3.56. The molecular weight excluding hydrogens is 290 g/mol. The summed E-state index contributed by atoms with van der Waals surface area (Å²) in [6.07, 6.45) is 2.80. The molecule has 1 aromatic heterocycles. The SMILES string of the molecule is CC(C)c1nn(C)c(NC2CCN(S(C)(=O)=O)CC2)c1N. The lowest BCUT2D eigenvalue weighted by atomic mass is 10.1. The van der Waals surface area contributed by atoms with E-state index in [1.807, 2.05) is 7.05 Å². The second kappa shape index (κ2) is 5.84. The van der Waals surface area contributed by atoms with Crippen LogP contribution in [-0.4, -0.2) is 47.9 Å². The van der Waals surface area contributed by atoms with Gasteiger partial charge < -0.3 is 11.1 Å². The summed E-state index contributed by atoms with van der Waals surface area (Å²) in [6.45, 7) is 5.22. The Morgan fingerprint density at radius 2 is 1.90 bits per heavy atom. The lowest BCUT2D eigenvalue weighted by molar-refractivity contribution is 0.331. The molecule has 0 aliphatic carbocycles. The highest BCUT2D eigenvalue weighted by molar-refractivity contribution is 7.88. The molecule has 1 aliphatic heterocycles. The third kappa shape index (κ3) is 3.49. The van der Waals surface area contributed by atoms with Crippen LogP contribution in [0.15, 0.2) is 0 Å². The predicted octanol–water partition coefficient (Wildman–Crippen LogP) is 0.962. The van der Waals surface area contributed by atoms with Gasteiger partial charge in [0, 0.05) is 26.2 Å². The summed E-state index contributed by atoms with van der Waals surface area (Å²) in [5.74, 6) is 1.11. The van der Waals surface area contributed by atoms with E-state index in [-0.39, 0.29) is 12.0 Å². The van der Waals surface area contributed by atoms with Crippen molar-refractivity contribution in [1.29, 1.82) is 0 Å². The fraction of sp³-hybridized carbons (Fsp3) is 0.769. The minimum absolute atomic E-state index is 0.223. The minimum atomic E-state index is -3.08. The summed E-state index contributed by atoms with van der Waals surface area (Å²) in [5.41, 5.74) is 7.76. The average Bonchev–Trinajstić information content (AvgIpc) is 2.66. The Kier molecular flexibility index (Phi) is 4.48. The van der Waals surface area contributed by atoms with Crippen molar-refractivity contribution in [1.82, 2.24) is 14.1 Å². The molecule has 3 N–H and O–H groups in total. The molecule has 120 valence electrons.